The highest BCUT2D eigenvalue weighted by Crippen LogP contribution is 2.18. The summed E-state index contributed by atoms with van der Waals surface area (Å²) in [5.41, 5.74) is 0.964. The molecule has 0 aliphatic carbocycles. The number of nitrogens with one attached hydrogen (secondary N) is 1. The Morgan fingerprint density at radius 3 is 2.55 bits per heavy atom. The molecule has 0 amide bonds. The summed E-state index contributed by atoms with van der Waals surface area (Å²) in [6.45, 7) is 5.55. The molecule has 0 atom stereocenters. The first-order valence-electron chi connectivity index (χ1n) is 6.61. The largest absolute Gasteiger partial charge is 0.497 e. The van der Waals surface area contributed by atoms with Gasteiger partial charge in [0.05, 0.1) is 12.8 Å². The highest BCUT2D eigenvalue weighted by molar-refractivity contribution is 7.09. The highest BCUT2D eigenvalue weighted by Gasteiger charge is 2.04. The molecular weight excluding hydrogens is 272 g/mol. The van der Waals surface area contributed by atoms with Gasteiger partial charge in [0.2, 0.25) is 0 Å². The van der Waals surface area contributed by atoms with Crippen molar-refractivity contribution in [3.05, 3.63) is 40.3 Å². The first-order chi connectivity index (χ1) is 9.67. The van der Waals surface area contributed by atoms with Crippen LogP contribution in [0.25, 0.3) is 0 Å². The van der Waals surface area contributed by atoms with Gasteiger partial charge in [0, 0.05) is 18.0 Å². The molecule has 1 aromatic carbocycles. The fourth-order valence-corrected chi connectivity index (χ4v) is 2.35. The van der Waals surface area contributed by atoms with E-state index >= 15 is 0 Å². The zero-order valence-corrected chi connectivity index (χ0v) is 12.9. The van der Waals surface area contributed by atoms with Crippen LogP contribution >= 0.6 is 11.3 Å². The van der Waals surface area contributed by atoms with Crippen LogP contribution in [0.3, 0.4) is 0 Å². The van der Waals surface area contributed by atoms with Gasteiger partial charge in [-0.3, -0.25) is 0 Å². The Bertz CT molecular complexity index is 523. The van der Waals surface area contributed by atoms with E-state index in [-0.39, 0.29) is 0 Å². The maximum Gasteiger partial charge on any atom is 0.131 e. The molecule has 0 unspecified atom stereocenters. The molecule has 0 spiro atoms. The number of thiazole rings is 1. The Hall–Kier alpha value is -1.59. The summed E-state index contributed by atoms with van der Waals surface area (Å²) >= 11 is 1.66. The number of ether oxygens (including phenoxy) is 2. The molecular formula is C15H20N2O2S. The minimum atomic E-state index is 0.470. The standard InChI is InChI=1S/C15H20N2O2S/c1-11(2)16-8-15-17-12(10-20-15)9-19-14-6-4-13(18-3)5-7-14/h4-7,10-11,16H,8-9H2,1-3H3. The van der Waals surface area contributed by atoms with Crippen LogP contribution in [-0.2, 0) is 13.2 Å². The van der Waals surface area contributed by atoms with Gasteiger partial charge < -0.3 is 14.8 Å². The number of aromatic nitrogens is 1. The van der Waals surface area contributed by atoms with E-state index in [1.54, 1.807) is 18.4 Å². The molecule has 2 aromatic rings. The van der Waals surface area contributed by atoms with E-state index in [1.807, 2.05) is 29.6 Å². The third-order valence-electron chi connectivity index (χ3n) is 2.71. The third-order valence-corrected chi connectivity index (χ3v) is 3.60. The van der Waals surface area contributed by atoms with E-state index in [0.29, 0.717) is 12.6 Å². The lowest BCUT2D eigenvalue weighted by Crippen LogP contribution is -2.21. The summed E-state index contributed by atoms with van der Waals surface area (Å²) < 4.78 is 10.8. The minimum Gasteiger partial charge on any atom is -0.497 e. The Morgan fingerprint density at radius 1 is 1.20 bits per heavy atom. The van der Waals surface area contributed by atoms with Crippen molar-refractivity contribution in [3.63, 3.8) is 0 Å². The second kappa shape index (κ2) is 7.26. The average Bonchev–Trinajstić information content (AvgIpc) is 2.91. The van der Waals surface area contributed by atoms with Crippen molar-refractivity contribution in [2.45, 2.75) is 33.0 Å². The number of hydrogen-bond acceptors (Lipinski definition) is 5. The summed E-state index contributed by atoms with van der Waals surface area (Å²) in [7, 11) is 1.65. The average molecular weight is 292 g/mol. The second-order valence-corrected chi connectivity index (χ2v) is 5.68. The van der Waals surface area contributed by atoms with Crippen LogP contribution < -0.4 is 14.8 Å². The number of rotatable bonds is 7. The van der Waals surface area contributed by atoms with Crippen molar-refractivity contribution in [1.82, 2.24) is 10.3 Å². The molecule has 2 rings (SSSR count). The molecule has 0 bridgehead atoms. The molecule has 5 heteroatoms. The molecule has 1 aromatic heterocycles. The van der Waals surface area contributed by atoms with Crippen molar-refractivity contribution in [3.8, 4) is 11.5 Å². The van der Waals surface area contributed by atoms with Gasteiger partial charge in [0.15, 0.2) is 0 Å². The quantitative estimate of drug-likeness (QED) is 0.851. The fraction of sp³-hybridized carbons (Fsp3) is 0.400. The number of nitrogens with zero attached hydrogens (tertiary/aromatic N) is 1. The Balaban J connectivity index is 1.84. The molecule has 108 valence electrons. The molecule has 4 nitrogen and oxygen atoms in total. The lowest BCUT2D eigenvalue weighted by Gasteiger charge is -2.06. The van der Waals surface area contributed by atoms with Crippen LogP contribution in [0.2, 0.25) is 0 Å². The van der Waals surface area contributed by atoms with Crippen molar-refractivity contribution >= 4 is 11.3 Å². The van der Waals surface area contributed by atoms with Crippen LogP contribution in [-0.4, -0.2) is 18.1 Å². The van der Waals surface area contributed by atoms with Crippen LogP contribution in [0.1, 0.15) is 24.5 Å². The number of methoxy groups -OCH3 is 1. The molecule has 0 aliphatic heterocycles. The number of hydrogen-bond donors (Lipinski definition) is 1. The second-order valence-electron chi connectivity index (χ2n) is 4.73. The molecule has 0 saturated carbocycles. The van der Waals surface area contributed by atoms with E-state index in [4.69, 9.17) is 9.47 Å². The van der Waals surface area contributed by atoms with E-state index in [9.17, 15) is 0 Å². The summed E-state index contributed by atoms with van der Waals surface area (Å²) in [4.78, 5) is 4.54. The van der Waals surface area contributed by atoms with Crippen molar-refractivity contribution in [2.24, 2.45) is 0 Å². The van der Waals surface area contributed by atoms with Crippen LogP contribution in [0.5, 0.6) is 11.5 Å². The maximum atomic E-state index is 5.70. The summed E-state index contributed by atoms with van der Waals surface area (Å²) in [5, 5.41) is 6.49. The molecule has 0 aliphatic rings. The lowest BCUT2D eigenvalue weighted by molar-refractivity contribution is 0.301. The maximum absolute atomic E-state index is 5.70. The van der Waals surface area contributed by atoms with Gasteiger partial charge in [-0.05, 0) is 24.3 Å². The van der Waals surface area contributed by atoms with Crippen molar-refractivity contribution in [1.29, 1.82) is 0 Å². The normalized spacial score (nSPS) is 10.8. The van der Waals surface area contributed by atoms with E-state index in [2.05, 4.69) is 24.1 Å². The van der Waals surface area contributed by atoms with Crippen molar-refractivity contribution < 1.29 is 9.47 Å². The molecule has 1 heterocycles. The summed E-state index contributed by atoms with van der Waals surface area (Å²) in [6, 6.07) is 8.03. The molecule has 0 radical (unpaired) electrons. The Kier molecular flexibility index (Phi) is 5.38. The Labute approximate surface area is 123 Å². The van der Waals surface area contributed by atoms with E-state index in [1.165, 1.54) is 0 Å². The van der Waals surface area contributed by atoms with Crippen LogP contribution in [0, 0.1) is 0 Å². The third kappa shape index (κ3) is 4.51. The smallest absolute Gasteiger partial charge is 0.131 e. The van der Waals surface area contributed by atoms with Gasteiger partial charge in [-0.2, -0.15) is 0 Å². The van der Waals surface area contributed by atoms with Crippen LogP contribution in [0.4, 0.5) is 0 Å². The first-order valence-corrected chi connectivity index (χ1v) is 7.49. The summed E-state index contributed by atoms with van der Waals surface area (Å²) in [6.07, 6.45) is 0. The zero-order valence-electron chi connectivity index (χ0n) is 12.1. The molecule has 1 N–H and O–H groups in total. The monoisotopic (exact) mass is 292 g/mol. The van der Waals surface area contributed by atoms with E-state index in [0.717, 1.165) is 28.7 Å². The van der Waals surface area contributed by atoms with Gasteiger partial charge in [-0.1, -0.05) is 13.8 Å². The molecule has 20 heavy (non-hydrogen) atoms. The summed E-state index contributed by atoms with van der Waals surface area (Å²) in [5.74, 6) is 1.65. The van der Waals surface area contributed by atoms with Gasteiger partial charge in [0.25, 0.3) is 0 Å². The first kappa shape index (κ1) is 14.8. The highest BCUT2D eigenvalue weighted by atomic mass is 32.1. The SMILES string of the molecule is COc1ccc(OCc2csc(CNC(C)C)n2)cc1. The van der Waals surface area contributed by atoms with Gasteiger partial charge >= 0.3 is 0 Å². The van der Waals surface area contributed by atoms with Gasteiger partial charge in [0.1, 0.15) is 23.1 Å². The topological polar surface area (TPSA) is 43.4 Å². The predicted molar refractivity (Wildman–Crippen MR) is 81.4 cm³/mol. The van der Waals surface area contributed by atoms with Crippen LogP contribution in [0.15, 0.2) is 29.6 Å². The van der Waals surface area contributed by atoms with Gasteiger partial charge in [-0.15, -0.1) is 11.3 Å². The Morgan fingerprint density at radius 2 is 1.90 bits per heavy atom. The van der Waals surface area contributed by atoms with E-state index < -0.39 is 0 Å². The zero-order chi connectivity index (χ0) is 14.4. The predicted octanol–water partition coefficient (Wildman–Crippen LogP) is 3.23. The minimum absolute atomic E-state index is 0.470. The number of benzene rings is 1. The molecule has 0 saturated heterocycles. The fourth-order valence-electron chi connectivity index (χ4n) is 1.62. The lowest BCUT2D eigenvalue weighted by atomic mass is 10.3. The molecule has 0 fully saturated rings. The van der Waals surface area contributed by atoms with Crippen molar-refractivity contribution in [2.75, 3.05) is 7.11 Å². The van der Waals surface area contributed by atoms with Gasteiger partial charge in [-0.25, -0.2) is 4.98 Å².